The van der Waals surface area contributed by atoms with Gasteiger partial charge in [0, 0.05) is 24.3 Å². The lowest BCUT2D eigenvalue weighted by atomic mass is 9.85. The third-order valence-corrected chi connectivity index (χ3v) is 6.65. The molecular weight excluding hydrogens is 372 g/mol. The van der Waals surface area contributed by atoms with E-state index in [9.17, 15) is 4.79 Å². The fraction of sp³-hybridized carbons (Fsp3) is 0.591. The van der Waals surface area contributed by atoms with Gasteiger partial charge in [-0.1, -0.05) is 11.6 Å². The third kappa shape index (κ3) is 3.74. The lowest BCUT2D eigenvalue weighted by Gasteiger charge is -2.32. The number of Topliss-reactive ketones (excluding diaryl/α,β-unsaturated/α-hetero) is 1. The van der Waals surface area contributed by atoms with Crippen molar-refractivity contribution in [1.82, 2.24) is 14.9 Å². The summed E-state index contributed by atoms with van der Waals surface area (Å²) in [5, 5.41) is 4.22. The summed E-state index contributed by atoms with van der Waals surface area (Å²) >= 11 is 6.21. The standard InChI is InChI=1S/C22H29ClN4O/c1-14(28)22(10-11-22)17-12-24-18-8-9-19(23)26-21(18)20(17)25-16-6-4-15(5-7-16)13-27(2)3/h8-9,12,15-16H,4-7,10-11,13H2,1-3H3,(H,24,25). The molecule has 2 aromatic rings. The maximum Gasteiger partial charge on any atom is 0.140 e. The van der Waals surface area contributed by atoms with Crippen molar-refractivity contribution >= 4 is 34.1 Å². The molecule has 0 spiro atoms. The molecule has 2 aliphatic carbocycles. The van der Waals surface area contributed by atoms with Gasteiger partial charge in [0.2, 0.25) is 0 Å². The Labute approximate surface area is 171 Å². The van der Waals surface area contributed by atoms with Crippen molar-refractivity contribution in [2.24, 2.45) is 5.92 Å². The zero-order valence-corrected chi connectivity index (χ0v) is 17.7. The van der Waals surface area contributed by atoms with Crippen LogP contribution in [0.2, 0.25) is 5.15 Å². The van der Waals surface area contributed by atoms with Gasteiger partial charge in [-0.05, 0) is 77.6 Å². The molecule has 6 heteroatoms. The van der Waals surface area contributed by atoms with Crippen molar-refractivity contribution in [3.8, 4) is 0 Å². The number of nitrogens with zero attached hydrogens (tertiary/aromatic N) is 3. The van der Waals surface area contributed by atoms with Crippen LogP contribution in [0.5, 0.6) is 0 Å². The predicted octanol–water partition coefficient (Wildman–Crippen LogP) is 4.44. The number of ketones is 1. The second kappa shape index (κ2) is 7.60. The molecule has 2 fully saturated rings. The van der Waals surface area contributed by atoms with Gasteiger partial charge in [0.15, 0.2) is 0 Å². The summed E-state index contributed by atoms with van der Waals surface area (Å²) in [5.41, 5.74) is 3.17. The smallest absolute Gasteiger partial charge is 0.140 e. The summed E-state index contributed by atoms with van der Waals surface area (Å²) in [6, 6.07) is 4.07. The number of carbonyl (C=O) groups excluding carboxylic acids is 1. The van der Waals surface area contributed by atoms with Crippen LogP contribution in [0.3, 0.4) is 0 Å². The molecule has 0 aromatic carbocycles. The lowest BCUT2D eigenvalue weighted by Crippen LogP contribution is -2.32. The molecule has 0 amide bonds. The van der Waals surface area contributed by atoms with Gasteiger partial charge in [-0.2, -0.15) is 0 Å². The van der Waals surface area contributed by atoms with Crippen LogP contribution in [0, 0.1) is 5.92 Å². The predicted molar refractivity (Wildman–Crippen MR) is 114 cm³/mol. The number of anilines is 1. The van der Waals surface area contributed by atoms with E-state index >= 15 is 0 Å². The van der Waals surface area contributed by atoms with Gasteiger partial charge in [0.25, 0.3) is 0 Å². The second-order valence-corrected chi connectivity index (χ2v) is 9.20. The molecule has 2 saturated carbocycles. The number of carbonyl (C=O) groups is 1. The number of halogens is 1. The molecule has 28 heavy (non-hydrogen) atoms. The van der Waals surface area contributed by atoms with E-state index in [0.717, 1.165) is 60.4 Å². The molecule has 2 heterocycles. The number of hydrogen-bond donors (Lipinski definition) is 1. The van der Waals surface area contributed by atoms with Crippen LogP contribution in [0.1, 0.15) is 51.0 Å². The van der Waals surface area contributed by atoms with Crippen LogP contribution in [-0.4, -0.2) is 47.3 Å². The van der Waals surface area contributed by atoms with Crippen molar-refractivity contribution in [2.75, 3.05) is 26.0 Å². The summed E-state index contributed by atoms with van der Waals surface area (Å²) in [7, 11) is 4.29. The first-order valence-corrected chi connectivity index (χ1v) is 10.6. The first-order chi connectivity index (χ1) is 13.4. The van der Waals surface area contributed by atoms with Gasteiger partial charge < -0.3 is 10.2 Å². The number of fused-ring (bicyclic) bond motifs is 1. The van der Waals surface area contributed by atoms with Gasteiger partial charge in [-0.25, -0.2) is 4.98 Å². The van der Waals surface area contributed by atoms with E-state index in [-0.39, 0.29) is 5.78 Å². The number of hydrogen-bond acceptors (Lipinski definition) is 5. The Morgan fingerprint density at radius 3 is 2.57 bits per heavy atom. The molecule has 150 valence electrons. The second-order valence-electron chi connectivity index (χ2n) is 8.81. The van der Waals surface area contributed by atoms with Crippen molar-refractivity contribution < 1.29 is 4.79 Å². The lowest BCUT2D eigenvalue weighted by molar-refractivity contribution is -0.119. The van der Waals surface area contributed by atoms with Crippen LogP contribution in [0.15, 0.2) is 18.3 Å². The van der Waals surface area contributed by atoms with E-state index in [2.05, 4.69) is 34.3 Å². The summed E-state index contributed by atoms with van der Waals surface area (Å²) in [4.78, 5) is 23.9. The van der Waals surface area contributed by atoms with E-state index in [1.165, 1.54) is 12.8 Å². The van der Waals surface area contributed by atoms with E-state index < -0.39 is 5.41 Å². The molecule has 2 aliphatic rings. The fourth-order valence-electron chi connectivity index (χ4n) is 4.70. The van der Waals surface area contributed by atoms with Gasteiger partial charge in [0.05, 0.1) is 16.6 Å². The first kappa shape index (κ1) is 19.6. The Morgan fingerprint density at radius 2 is 1.96 bits per heavy atom. The van der Waals surface area contributed by atoms with Crippen LogP contribution in [0.25, 0.3) is 11.0 Å². The van der Waals surface area contributed by atoms with E-state index in [1.54, 1.807) is 13.0 Å². The van der Waals surface area contributed by atoms with Crippen LogP contribution >= 0.6 is 11.6 Å². The normalized spacial score (nSPS) is 23.8. The summed E-state index contributed by atoms with van der Waals surface area (Å²) < 4.78 is 0. The van der Waals surface area contributed by atoms with Gasteiger partial charge in [0.1, 0.15) is 16.5 Å². The molecule has 0 atom stereocenters. The highest BCUT2D eigenvalue weighted by atomic mass is 35.5. The molecule has 4 rings (SSSR count). The molecule has 5 nitrogen and oxygen atoms in total. The monoisotopic (exact) mass is 400 g/mol. The maximum atomic E-state index is 12.4. The summed E-state index contributed by atoms with van der Waals surface area (Å²) in [6.45, 7) is 2.85. The Morgan fingerprint density at radius 1 is 1.25 bits per heavy atom. The van der Waals surface area contributed by atoms with E-state index in [0.29, 0.717) is 11.2 Å². The third-order valence-electron chi connectivity index (χ3n) is 6.44. The number of aromatic nitrogens is 2. The Hall–Kier alpha value is -1.72. The zero-order chi connectivity index (χ0) is 19.9. The minimum Gasteiger partial charge on any atom is -0.380 e. The summed E-state index contributed by atoms with van der Waals surface area (Å²) in [6.07, 6.45) is 8.37. The van der Waals surface area contributed by atoms with Gasteiger partial charge in [-0.3, -0.25) is 9.78 Å². The number of nitrogens with one attached hydrogen (secondary N) is 1. The molecule has 1 N–H and O–H groups in total. The maximum absolute atomic E-state index is 12.4. The highest BCUT2D eigenvalue weighted by molar-refractivity contribution is 6.29. The van der Waals surface area contributed by atoms with Gasteiger partial charge in [-0.15, -0.1) is 0 Å². The largest absolute Gasteiger partial charge is 0.380 e. The molecule has 2 aromatic heterocycles. The highest BCUT2D eigenvalue weighted by Gasteiger charge is 2.50. The van der Waals surface area contributed by atoms with Gasteiger partial charge >= 0.3 is 0 Å². The van der Waals surface area contributed by atoms with Crippen LogP contribution in [0.4, 0.5) is 5.69 Å². The molecule has 0 aliphatic heterocycles. The molecule has 0 saturated heterocycles. The van der Waals surface area contributed by atoms with E-state index in [4.69, 9.17) is 11.6 Å². The minimum atomic E-state index is -0.393. The summed E-state index contributed by atoms with van der Waals surface area (Å²) in [5.74, 6) is 0.981. The minimum absolute atomic E-state index is 0.216. The Bertz CT molecular complexity index is 885. The Balaban J connectivity index is 1.65. The van der Waals surface area contributed by atoms with Crippen molar-refractivity contribution in [1.29, 1.82) is 0 Å². The Kier molecular flexibility index (Phi) is 5.32. The van der Waals surface area contributed by atoms with Crippen molar-refractivity contribution in [3.05, 3.63) is 29.0 Å². The first-order valence-electron chi connectivity index (χ1n) is 10.3. The van der Waals surface area contributed by atoms with Crippen molar-refractivity contribution in [3.63, 3.8) is 0 Å². The van der Waals surface area contributed by atoms with Crippen molar-refractivity contribution in [2.45, 2.75) is 56.9 Å². The molecule has 0 bridgehead atoms. The zero-order valence-electron chi connectivity index (χ0n) is 17.0. The molecule has 0 radical (unpaired) electrons. The quantitative estimate of drug-likeness (QED) is 0.726. The molecule has 0 unspecified atom stereocenters. The molecular formula is C22H29ClN4O. The number of rotatable bonds is 6. The number of pyridine rings is 2. The topological polar surface area (TPSA) is 58.1 Å². The fourth-order valence-corrected chi connectivity index (χ4v) is 4.84. The van der Waals surface area contributed by atoms with E-state index in [1.807, 2.05) is 12.3 Å². The van der Waals surface area contributed by atoms with Crippen LogP contribution in [-0.2, 0) is 10.2 Å². The SMILES string of the molecule is CC(=O)C1(c2cnc3ccc(Cl)nc3c2NC2CCC(CN(C)C)CC2)CC1. The van der Waals surface area contributed by atoms with Crippen LogP contribution < -0.4 is 5.32 Å². The average molecular weight is 401 g/mol. The highest BCUT2D eigenvalue weighted by Crippen LogP contribution is 2.52. The average Bonchev–Trinajstić information content (AvgIpc) is 3.45.